The maximum atomic E-state index is 14.3. The first-order valence-corrected chi connectivity index (χ1v) is 18.4. The lowest BCUT2D eigenvalue weighted by Gasteiger charge is -2.26. The minimum atomic E-state index is -1.31. The molecule has 12 heteroatoms. The summed E-state index contributed by atoms with van der Waals surface area (Å²) >= 11 is 0. The number of hydrogen-bond donors (Lipinski definition) is 5. The van der Waals surface area contributed by atoms with E-state index in [1.54, 1.807) is 48.8 Å². The molecule has 4 aromatic carbocycles. The van der Waals surface area contributed by atoms with E-state index in [1.165, 1.54) is 0 Å². The van der Waals surface area contributed by atoms with Crippen molar-refractivity contribution >= 4 is 29.6 Å². The van der Waals surface area contributed by atoms with E-state index in [4.69, 9.17) is 4.74 Å². The lowest BCUT2D eigenvalue weighted by Crippen LogP contribution is -2.59. The first-order valence-electron chi connectivity index (χ1n) is 18.4. The van der Waals surface area contributed by atoms with Crippen LogP contribution >= 0.6 is 0 Å². The average Bonchev–Trinajstić information content (AvgIpc) is 3.22. The lowest BCUT2D eigenvalue weighted by molar-refractivity contribution is -0.142. The number of nitrogens with zero attached hydrogens (tertiary/aromatic N) is 1. The molecule has 2 aliphatic rings. The number of benzene rings is 4. The molecule has 7 rings (SSSR count). The number of amides is 4. The Bertz CT molecular complexity index is 2100. The van der Waals surface area contributed by atoms with E-state index in [0.29, 0.717) is 23.3 Å². The number of carboxylic acid groups (broad SMARTS) is 1. The van der Waals surface area contributed by atoms with Crippen LogP contribution in [0, 0.1) is 0 Å². The minimum absolute atomic E-state index is 0.0437. The van der Waals surface area contributed by atoms with E-state index in [-0.39, 0.29) is 25.7 Å². The summed E-state index contributed by atoms with van der Waals surface area (Å²) in [5, 5.41) is 21.2. The van der Waals surface area contributed by atoms with E-state index < -0.39 is 60.4 Å². The Morgan fingerprint density at radius 3 is 1.88 bits per heavy atom. The van der Waals surface area contributed by atoms with Gasteiger partial charge in [-0.15, -0.1) is 0 Å². The number of ether oxygens (including phenoxy) is 1. The van der Waals surface area contributed by atoms with Crippen LogP contribution in [0.1, 0.15) is 28.7 Å². The summed E-state index contributed by atoms with van der Waals surface area (Å²) in [5.74, 6) is -3.46. The Morgan fingerprint density at radius 2 is 1.21 bits per heavy atom. The molecule has 4 amide bonds. The van der Waals surface area contributed by atoms with Gasteiger partial charge in [-0.1, -0.05) is 103 Å². The monoisotopic (exact) mass is 753 g/mol. The van der Waals surface area contributed by atoms with Crippen LogP contribution in [0.4, 0.5) is 0 Å². The van der Waals surface area contributed by atoms with E-state index >= 15 is 0 Å². The zero-order valence-corrected chi connectivity index (χ0v) is 30.6. The molecule has 5 aromatic rings. The number of aryl methyl sites for hydroxylation is 1. The molecule has 0 radical (unpaired) electrons. The van der Waals surface area contributed by atoms with Crippen LogP contribution in [0.5, 0.6) is 5.75 Å². The normalized spacial score (nSPS) is 19.5. The summed E-state index contributed by atoms with van der Waals surface area (Å²) in [7, 11) is 0. The minimum Gasteiger partial charge on any atom is -0.484 e. The third-order valence-corrected chi connectivity index (χ3v) is 9.49. The number of rotatable bonds is 9. The Kier molecular flexibility index (Phi) is 13.2. The van der Waals surface area contributed by atoms with E-state index in [2.05, 4.69) is 26.3 Å². The van der Waals surface area contributed by atoms with E-state index in [1.807, 2.05) is 84.9 Å². The van der Waals surface area contributed by atoms with Crippen molar-refractivity contribution in [3.05, 3.63) is 156 Å². The SMILES string of the molecule is O=C1COc2ccc(cc2)C[C@@H](C(=O)O)NC(=O)[C@H](CCc2ccccc2)NC(=O)[C@@H](Cc2ccc(-c3ccccc3)cc2)NC(=O)[C@H](Cc2cccnc2)N1. The van der Waals surface area contributed by atoms with Crippen LogP contribution in [-0.2, 0) is 49.7 Å². The van der Waals surface area contributed by atoms with Gasteiger partial charge in [-0.05, 0) is 64.4 Å². The number of aromatic nitrogens is 1. The summed E-state index contributed by atoms with van der Waals surface area (Å²) in [5.41, 5.74) is 4.89. The van der Waals surface area contributed by atoms with Crippen molar-refractivity contribution in [2.24, 2.45) is 0 Å². The number of nitrogens with one attached hydrogen (secondary N) is 4. The molecule has 56 heavy (non-hydrogen) atoms. The second-order valence-corrected chi connectivity index (χ2v) is 13.6. The van der Waals surface area contributed by atoms with Crippen LogP contribution in [0.3, 0.4) is 0 Å². The smallest absolute Gasteiger partial charge is 0.326 e. The van der Waals surface area contributed by atoms with Crippen molar-refractivity contribution in [1.29, 1.82) is 0 Å². The average molecular weight is 754 g/mol. The number of carbonyl (C=O) groups is 5. The van der Waals surface area contributed by atoms with Gasteiger partial charge in [0.25, 0.3) is 5.91 Å². The number of aliphatic carboxylic acids is 1. The van der Waals surface area contributed by atoms with Gasteiger partial charge in [0.05, 0.1) is 0 Å². The van der Waals surface area contributed by atoms with Crippen molar-refractivity contribution in [2.75, 3.05) is 6.61 Å². The van der Waals surface area contributed by atoms with Gasteiger partial charge < -0.3 is 31.1 Å². The highest BCUT2D eigenvalue weighted by Crippen LogP contribution is 2.20. The van der Waals surface area contributed by atoms with Crippen molar-refractivity contribution in [3.63, 3.8) is 0 Å². The van der Waals surface area contributed by atoms with Crippen molar-refractivity contribution in [2.45, 2.75) is 56.3 Å². The molecular formula is C44H43N5O7. The molecule has 0 saturated carbocycles. The second-order valence-electron chi connectivity index (χ2n) is 13.6. The zero-order valence-electron chi connectivity index (χ0n) is 30.6. The predicted molar refractivity (Wildman–Crippen MR) is 209 cm³/mol. The van der Waals surface area contributed by atoms with Gasteiger partial charge in [0.15, 0.2) is 6.61 Å². The van der Waals surface area contributed by atoms with Crippen molar-refractivity contribution in [1.82, 2.24) is 26.3 Å². The van der Waals surface area contributed by atoms with Gasteiger partial charge in [-0.25, -0.2) is 4.79 Å². The second kappa shape index (κ2) is 19.0. The van der Waals surface area contributed by atoms with Gasteiger partial charge in [0.1, 0.15) is 29.9 Å². The number of fused-ring (bicyclic) bond motifs is 16. The Morgan fingerprint density at radius 1 is 0.625 bits per heavy atom. The molecule has 4 atom stereocenters. The number of hydrogen-bond acceptors (Lipinski definition) is 7. The van der Waals surface area contributed by atoms with E-state index in [0.717, 1.165) is 22.3 Å². The predicted octanol–water partition coefficient (Wildman–Crippen LogP) is 3.83. The fourth-order valence-electron chi connectivity index (χ4n) is 6.46. The molecule has 0 spiro atoms. The summed E-state index contributed by atoms with van der Waals surface area (Å²) in [4.78, 5) is 72.2. The highest BCUT2D eigenvalue weighted by atomic mass is 16.5. The Labute approximate surface area is 324 Å². The maximum Gasteiger partial charge on any atom is 0.326 e. The molecule has 12 nitrogen and oxygen atoms in total. The summed E-state index contributed by atoms with van der Waals surface area (Å²) < 4.78 is 5.69. The molecule has 3 heterocycles. The van der Waals surface area contributed by atoms with Crippen molar-refractivity contribution in [3.8, 4) is 16.9 Å². The van der Waals surface area contributed by atoms with Gasteiger partial charge in [0.2, 0.25) is 17.7 Å². The zero-order chi connectivity index (χ0) is 39.3. The molecule has 0 saturated heterocycles. The van der Waals surface area contributed by atoms with Crippen LogP contribution in [-0.4, -0.2) is 70.5 Å². The summed E-state index contributed by atoms with van der Waals surface area (Å²) in [6, 6.07) is 32.0. The highest BCUT2D eigenvalue weighted by molar-refractivity contribution is 5.95. The van der Waals surface area contributed by atoms with Gasteiger partial charge in [-0.2, -0.15) is 0 Å². The standard InChI is InChI=1S/C44H43N5O7/c50-40-28-56-35-20-15-31(16-21-35)25-39(44(54)55)49-41(51)36(22-17-29-8-3-1-4-9-29)47-43(53)38(48-42(52)37(46-40)26-32-10-7-23-45-27-32)24-30-13-18-34(19-14-30)33-11-5-2-6-12-33/h1-16,18-21,23,27,36-39H,17,22,24-26,28H2,(H,46,50)(H,47,53)(H,48,52)(H,49,51)(H,54,55)/t36-,37-,38+,39-/m0/s1. The summed E-state index contributed by atoms with van der Waals surface area (Å²) in [6.45, 7) is -0.412. The lowest BCUT2D eigenvalue weighted by atomic mass is 9.98. The van der Waals surface area contributed by atoms with E-state index in [9.17, 15) is 29.1 Å². The molecule has 2 bridgehead atoms. The van der Waals surface area contributed by atoms with Crippen LogP contribution in [0.25, 0.3) is 11.1 Å². The highest BCUT2D eigenvalue weighted by Gasteiger charge is 2.32. The largest absolute Gasteiger partial charge is 0.484 e. The maximum absolute atomic E-state index is 14.3. The molecular weight excluding hydrogens is 711 g/mol. The molecule has 1 aromatic heterocycles. The Balaban J connectivity index is 1.33. The topological polar surface area (TPSA) is 176 Å². The summed E-state index contributed by atoms with van der Waals surface area (Å²) in [6.07, 6.45) is 3.79. The third kappa shape index (κ3) is 11.1. The molecule has 5 N–H and O–H groups in total. The van der Waals surface area contributed by atoms with Crippen LogP contribution in [0.2, 0.25) is 0 Å². The number of carboxylic acids is 1. The van der Waals surface area contributed by atoms with Crippen LogP contribution < -0.4 is 26.0 Å². The fourth-order valence-corrected chi connectivity index (χ4v) is 6.46. The fraction of sp³-hybridized carbons (Fsp3) is 0.227. The van der Waals surface area contributed by atoms with Gasteiger partial charge >= 0.3 is 5.97 Å². The molecule has 0 fully saturated rings. The molecule has 0 aliphatic carbocycles. The molecule has 2 aliphatic heterocycles. The van der Waals surface area contributed by atoms with Crippen LogP contribution in [0.15, 0.2) is 134 Å². The first kappa shape index (κ1) is 38.9. The van der Waals surface area contributed by atoms with Gasteiger partial charge in [-0.3, -0.25) is 24.2 Å². The van der Waals surface area contributed by atoms with Gasteiger partial charge in [0, 0.05) is 31.7 Å². The van der Waals surface area contributed by atoms with Crippen molar-refractivity contribution < 1.29 is 33.8 Å². The first-order chi connectivity index (χ1) is 27.2. The molecule has 286 valence electrons. The Hall–Kier alpha value is -6.82. The number of carbonyl (C=O) groups excluding carboxylic acids is 4. The quantitative estimate of drug-likeness (QED) is 0.141. The number of pyridine rings is 1. The molecule has 0 unspecified atom stereocenters. The third-order valence-electron chi connectivity index (χ3n) is 9.49.